The second-order valence-corrected chi connectivity index (χ2v) is 7.06. The van der Waals surface area contributed by atoms with Crippen LogP contribution in [0, 0.1) is 6.92 Å². The summed E-state index contributed by atoms with van der Waals surface area (Å²) in [5.41, 5.74) is 3.68. The van der Waals surface area contributed by atoms with Gasteiger partial charge in [0.15, 0.2) is 5.17 Å². The number of rotatable bonds is 3. The van der Waals surface area contributed by atoms with Crippen molar-refractivity contribution in [1.29, 1.82) is 0 Å². The van der Waals surface area contributed by atoms with Gasteiger partial charge in [-0.2, -0.15) is 0 Å². The Balaban J connectivity index is 1.67. The van der Waals surface area contributed by atoms with Gasteiger partial charge >= 0.3 is 0 Å². The zero-order valence-electron chi connectivity index (χ0n) is 11.8. The molecule has 3 rings (SSSR count). The Kier molecular flexibility index (Phi) is 4.66. The molecule has 21 heavy (non-hydrogen) atoms. The van der Waals surface area contributed by atoms with Gasteiger partial charge in [-0.1, -0.05) is 48.2 Å². The molecular formula is C17H17BrN2S. The van der Waals surface area contributed by atoms with Crippen molar-refractivity contribution in [1.82, 2.24) is 0 Å². The number of nitrogens with zero attached hydrogens (tertiary/aromatic N) is 1. The molecule has 0 radical (unpaired) electrons. The van der Waals surface area contributed by atoms with Gasteiger partial charge in [0, 0.05) is 10.2 Å². The van der Waals surface area contributed by atoms with E-state index in [2.05, 4.69) is 76.7 Å². The molecule has 2 nitrogen and oxygen atoms in total. The van der Waals surface area contributed by atoms with Crippen LogP contribution in [-0.2, 0) is 6.42 Å². The molecule has 1 unspecified atom stereocenters. The van der Waals surface area contributed by atoms with Crippen LogP contribution in [0.1, 0.15) is 11.1 Å². The number of nitrogens with one attached hydrogen (secondary N) is 1. The van der Waals surface area contributed by atoms with Crippen LogP contribution in [0.5, 0.6) is 0 Å². The highest BCUT2D eigenvalue weighted by atomic mass is 79.9. The van der Waals surface area contributed by atoms with E-state index in [1.807, 2.05) is 0 Å². The third-order valence-corrected chi connectivity index (χ3v) is 5.11. The quantitative estimate of drug-likeness (QED) is 0.842. The van der Waals surface area contributed by atoms with Gasteiger partial charge < -0.3 is 5.32 Å². The van der Waals surface area contributed by atoms with E-state index >= 15 is 0 Å². The SMILES string of the molecule is Cc1ccc(Br)c(NC2=NC(Cc3ccccc3)CS2)c1. The number of hydrogen-bond donors (Lipinski definition) is 1. The maximum absolute atomic E-state index is 4.80. The molecule has 4 heteroatoms. The number of aliphatic imine (C=N–C) groups is 1. The molecule has 1 aliphatic heterocycles. The van der Waals surface area contributed by atoms with Crippen LogP contribution in [0.4, 0.5) is 5.69 Å². The van der Waals surface area contributed by atoms with E-state index < -0.39 is 0 Å². The van der Waals surface area contributed by atoms with Crippen molar-refractivity contribution in [2.24, 2.45) is 4.99 Å². The molecule has 0 amide bonds. The Morgan fingerprint density at radius 2 is 2.05 bits per heavy atom. The van der Waals surface area contributed by atoms with Gasteiger partial charge in [0.25, 0.3) is 0 Å². The lowest BCUT2D eigenvalue weighted by Gasteiger charge is -2.08. The predicted molar refractivity (Wildman–Crippen MR) is 96.3 cm³/mol. The average molecular weight is 361 g/mol. The molecule has 0 fully saturated rings. The van der Waals surface area contributed by atoms with E-state index in [1.165, 1.54) is 11.1 Å². The highest BCUT2D eigenvalue weighted by Gasteiger charge is 2.19. The van der Waals surface area contributed by atoms with Crippen LogP contribution in [-0.4, -0.2) is 17.0 Å². The minimum absolute atomic E-state index is 0.364. The topological polar surface area (TPSA) is 24.4 Å². The largest absolute Gasteiger partial charge is 0.334 e. The molecule has 2 aromatic carbocycles. The molecule has 0 saturated heterocycles. The molecule has 0 saturated carbocycles. The Bertz CT molecular complexity index is 655. The third kappa shape index (κ3) is 3.89. The molecule has 1 N–H and O–H groups in total. The Hall–Kier alpha value is -1.26. The highest BCUT2D eigenvalue weighted by molar-refractivity contribution is 9.10. The third-order valence-electron chi connectivity index (χ3n) is 3.39. The summed E-state index contributed by atoms with van der Waals surface area (Å²) in [5, 5.41) is 4.45. The molecule has 2 aromatic rings. The van der Waals surface area contributed by atoms with Crippen LogP contribution >= 0.6 is 27.7 Å². The minimum atomic E-state index is 0.364. The highest BCUT2D eigenvalue weighted by Crippen LogP contribution is 2.27. The van der Waals surface area contributed by atoms with E-state index in [0.717, 1.165) is 27.5 Å². The van der Waals surface area contributed by atoms with Gasteiger partial charge in [-0.15, -0.1) is 0 Å². The van der Waals surface area contributed by atoms with E-state index in [9.17, 15) is 0 Å². The maximum atomic E-state index is 4.80. The molecule has 1 aliphatic rings. The second-order valence-electron chi connectivity index (χ2n) is 5.20. The van der Waals surface area contributed by atoms with Crippen LogP contribution in [0.15, 0.2) is 58.0 Å². The number of hydrogen-bond acceptors (Lipinski definition) is 3. The van der Waals surface area contributed by atoms with Crippen molar-refractivity contribution in [2.45, 2.75) is 19.4 Å². The standard InChI is InChI=1S/C17H17BrN2S/c1-12-7-8-15(18)16(9-12)20-17-19-14(11-21-17)10-13-5-3-2-4-6-13/h2-9,14H,10-11H2,1H3,(H,19,20). The molecule has 1 heterocycles. The summed E-state index contributed by atoms with van der Waals surface area (Å²) in [5.74, 6) is 1.04. The van der Waals surface area contributed by atoms with Crippen LogP contribution in [0.2, 0.25) is 0 Å². The van der Waals surface area contributed by atoms with Crippen molar-refractivity contribution in [3.05, 3.63) is 64.1 Å². The summed E-state index contributed by atoms with van der Waals surface area (Å²) in [6.07, 6.45) is 1.01. The van der Waals surface area contributed by atoms with Crippen molar-refractivity contribution < 1.29 is 0 Å². The van der Waals surface area contributed by atoms with Crippen molar-refractivity contribution in [3.8, 4) is 0 Å². The lowest BCUT2D eigenvalue weighted by molar-refractivity contribution is 0.762. The lowest BCUT2D eigenvalue weighted by atomic mass is 10.1. The fourth-order valence-electron chi connectivity index (χ4n) is 2.32. The normalized spacial score (nSPS) is 17.6. The Morgan fingerprint density at radius 1 is 1.24 bits per heavy atom. The van der Waals surface area contributed by atoms with E-state index in [1.54, 1.807) is 11.8 Å². The number of amidine groups is 1. The zero-order valence-corrected chi connectivity index (χ0v) is 14.2. The summed E-state index contributed by atoms with van der Waals surface area (Å²) in [4.78, 5) is 4.80. The van der Waals surface area contributed by atoms with Crippen molar-refractivity contribution >= 4 is 38.5 Å². The number of thioether (sulfide) groups is 1. The van der Waals surface area contributed by atoms with Gasteiger partial charge in [-0.25, -0.2) is 0 Å². The van der Waals surface area contributed by atoms with Crippen LogP contribution < -0.4 is 5.32 Å². The second kappa shape index (κ2) is 6.67. The summed E-state index contributed by atoms with van der Waals surface area (Å²) in [7, 11) is 0. The monoisotopic (exact) mass is 360 g/mol. The van der Waals surface area contributed by atoms with Gasteiger partial charge in [-0.3, -0.25) is 4.99 Å². The fraction of sp³-hybridized carbons (Fsp3) is 0.235. The molecule has 0 aromatic heterocycles. The van der Waals surface area contributed by atoms with Gasteiger partial charge in [0.2, 0.25) is 0 Å². The van der Waals surface area contributed by atoms with Crippen LogP contribution in [0.25, 0.3) is 0 Å². The Morgan fingerprint density at radius 3 is 2.86 bits per heavy atom. The molecule has 1 atom stereocenters. The van der Waals surface area contributed by atoms with E-state index in [0.29, 0.717) is 6.04 Å². The van der Waals surface area contributed by atoms with Crippen molar-refractivity contribution in [2.75, 3.05) is 11.1 Å². The van der Waals surface area contributed by atoms with Crippen molar-refractivity contribution in [3.63, 3.8) is 0 Å². The zero-order chi connectivity index (χ0) is 14.7. The smallest absolute Gasteiger partial charge is 0.161 e. The molecule has 0 bridgehead atoms. The number of halogens is 1. The summed E-state index contributed by atoms with van der Waals surface area (Å²) < 4.78 is 1.07. The summed E-state index contributed by atoms with van der Waals surface area (Å²) in [6, 6.07) is 17.2. The first kappa shape index (κ1) is 14.7. The minimum Gasteiger partial charge on any atom is -0.334 e. The Labute approximate surface area is 138 Å². The first-order chi connectivity index (χ1) is 10.2. The average Bonchev–Trinajstić information content (AvgIpc) is 2.91. The first-order valence-corrected chi connectivity index (χ1v) is 8.76. The van der Waals surface area contributed by atoms with Gasteiger partial charge in [0.05, 0.1) is 11.7 Å². The summed E-state index contributed by atoms with van der Waals surface area (Å²) in [6.45, 7) is 2.10. The van der Waals surface area contributed by atoms with E-state index in [4.69, 9.17) is 4.99 Å². The lowest BCUT2D eigenvalue weighted by Crippen LogP contribution is -2.08. The number of anilines is 1. The molecule has 0 spiro atoms. The maximum Gasteiger partial charge on any atom is 0.161 e. The molecule has 0 aliphatic carbocycles. The number of aryl methyl sites for hydroxylation is 1. The number of benzene rings is 2. The predicted octanol–water partition coefficient (Wildman–Crippen LogP) is 4.88. The van der Waals surface area contributed by atoms with Gasteiger partial charge in [-0.05, 0) is 52.5 Å². The summed E-state index contributed by atoms with van der Waals surface area (Å²) >= 11 is 5.38. The fourth-order valence-corrected chi connectivity index (χ4v) is 3.62. The molecular weight excluding hydrogens is 344 g/mol. The van der Waals surface area contributed by atoms with Gasteiger partial charge in [0.1, 0.15) is 0 Å². The molecule has 108 valence electrons. The van der Waals surface area contributed by atoms with Crippen LogP contribution in [0.3, 0.4) is 0 Å². The first-order valence-electron chi connectivity index (χ1n) is 6.98. The van der Waals surface area contributed by atoms with E-state index in [-0.39, 0.29) is 0 Å².